The quantitative estimate of drug-likeness (QED) is 0.614. The first-order valence-corrected chi connectivity index (χ1v) is 9.01. The van der Waals surface area contributed by atoms with Crippen LogP contribution in [0.15, 0.2) is 48.5 Å². The smallest absolute Gasteiger partial charge is 0.253 e. The number of carbonyl (C=O) groups is 2. The molecule has 0 saturated carbocycles. The Morgan fingerprint density at radius 2 is 1.82 bits per heavy atom. The topological polar surface area (TPSA) is 79.9 Å². The van der Waals surface area contributed by atoms with Gasteiger partial charge in [-0.15, -0.1) is 0 Å². The highest BCUT2D eigenvalue weighted by atomic mass is 16.5. The largest absolute Gasteiger partial charge is 0.383 e. The molecule has 0 radical (unpaired) electrons. The Morgan fingerprint density at radius 1 is 1.07 bits per heavy atom. The molecule has 0 atom stereocenters. The Kier molecular flexibility index (Phi) is 8.45. The van der Waals surface area contributed by atoms with E-state index in [-0.39, 0.29) is 18.4 Å². The van der Waals surface area contributed by atoms with E-state index in [1.807, 2.05) is 49.3 Å². The molecule has 0 bridgehead atoms. The number of anilines is 2. The van der Waals surface area contributed by atoms with Gasteiger partial charge in [-0.3, -0.25) is 9.59 Å². The van der Waals surface area contributed by atoms with Gasteiger partial charge in [-0.05, 0) is 23.8 Å². The second kappa shape index (κ2) is 11.1. The Hall–Kier alpha value is -2.90. The van der Waals surface area contributed by atoms with Crippen molar-refractivity contribution in [2.24, 2.45) is 0 Å². The van der Waals surface area contributed by atoms with Gasteiger partial charge in [0.2, 0.25) is 5.91 Å². The fraction of sp³-hybridized carbons (Fsp3) is 0.333. The number of amides is 2. The first kappa shape index (κ1) is 21.4. The number of nitrogens with one attached hydrogen (secondary N) is 2. The van der Waals surface area contributed by atoms with Crippen LogP contribution in [0.1, 0.15) is 15.9 Å². The highest BCUT2D eigenvalue weighted by Crippen LogP contribution is 2.23. The van der Waals surface area contributed by atoms with Crippen molar-refractivity contribution in [2.75, 3.05) is 51.2 Å². The number of benzene rings is 2. The maximum Gasteiger partial charge on any atom is 0.253 e. The molecule has 0 aliphatic rings. The summed E-state index contributed by atoms with van der Waals surface area (Å²) in [5.41, 5.74) is 2.77. The van der Waals surface area contributed by atoms with E-state index in [4.69, 9.17) is 9.47 Å². The number of rotatable bonds is 10. The minimum Gasteiger partial charge on any atom is -0.383 e. The standard InChI is InChI=1S/C21H27N3O4/c1-24(2)19-10-9-17(13-18(19)21(26)22-11-12-27-3)23-20(25)15-28-14-16-7-5-4-6-8-16/h4-10,13H,11-12,14-15H2,1-3H3,(H,22,26)(H,23,25). The highest BCUT2D eigenvalue weighted by Gasteiger charge is 2.14. The van der Waals surface area contributed by atoms with E-state index in [1.165, 1.54) is 0 Å². The molecule has 0 aliphatic heterocycles. The second-order valence-corrected chi connectivity index (χ2v) is 6.40. The normalized spacial score (nSPS) is 10.4. The van der Waals surface area contributed by atoms with Crippen LogP contribution in [0.2, 0.25) is 0 Å². The molecule has 28 heavy (non-hydrogen) atoms. The van der Waals surface area contributed by atoms with Gasteiger partial charge >= 0.3 is 0 Å². The Balaban J connectivity index is 1.97. The number of nitrogens with zero attached hydrogens (tertiary/aromatic N) is 1. The molecule has 0 fully saturated rings. The molecule has 7 heteroatoms. The van der Waals surface area contributed by atoms with E-state index in [9.17, 15) is 9.59 Å². The zero-order chi connectivity index (χ0) is 20.4. The van der Waals surface area contributed by atoms with Crippen molar-refractivity contribution in [1.29, 1.82) is 0 Å². The predicted molar refractivity (Wildman–Crippen MR) is 110 cm³/mol. The van der Waals surface area contributed by atoms with Crippen LogP contribution in [0.3, 0.4) is 0 Å². The third kappa shape index (κ3) is 6.68. The lowest BCUT2D eigenvalue weighted by Gasteiger charge is -2.18. The van der Waals surface area contributed by atoms with Crippen LogP contribution in [0.5, 0.6) is 0 Å². The minimum absolute atomic E-state index is 0.0697. The lowest BCUT2D eigenvalue weighted by Crippen LogP contribution is -2.29. The van der Waals surface area contributed by atoms with E-state index in [0.29, 0.717) is 31.0 Å². The monoisotopic (exact) mass is 385 g/mol. The summed E-state index contributed by atoms with van der Waals surface area (Å²) in [7, 11) is 5.29. The molecular formula is C21H27N3O4. The summed E-state index contributed by atoms with van der Waals surface area (Å²) in [5, 5.41) is 5.57. The van der Waals surface area contributed by atoms with Crippen molar-refractivity contribution in [3.63, 3.8) is 0 Å². The molecule has 2 N–H and O–H groups in total. The summed E-state index contributed by atoms with van der Waals surface area (Å²) in [4.78, 5) is 26.5. The van der Waals surface area contributed by atoms with E-state index < -0.39 is 0 Å². The van der Waals surface area contributed by atoms with Crippen LogP contribution >= 0.6 is 0 Å². The molecule has 2 aromatic carbocycles. The Bertz CT molecular complexity index is 778. The van der Waals surface area contributed by atoms with Crippen LogP contribution in [0.25, 0.3) is 0 Å². The van der Waals surface area contributed by atoms with Gasteiger partial charge in [0.15, 0.2) is 0 Å². The summed E-state index contributed by atoms with van der Waals surface area (Å²) in [5.74, 6) is -0.503. The lowest BCUT2D eigenvalue weighted by atomic mass is 10.1. The minimum atomic E-state index is -0.278. The maximum absolute atomic E-state index is 12.5. The summed E-state index contributed by atoms with van der Waals surface area (Å²) in [6.07, 6.45) is 0. The number of carbonyl (C=O) groups excluding carboxylic acids is 2. The van der Waals surface area contributed by atoms with Crippen LogP contribution in [-0.4, -0.2) is 52.8 Å². The zero-order valence-corrected chi connectivity index (χ0v) is 16.5. The van der Waals surface area contributed by atoms with Gasteiger partial charge in [0.05, 0.1) is 18.8 Å². The number of ether oxygens (including phenoxy) is 2. The van der Waals surface area contributed by atoms with Gasteiger partial charge in [0, 0.05) is 39.1 Å². The summed E-state index contributed by atoms with van der Waals surface area (Å²) < 4.78 is 10.4. The van der Waals surface area contributed by atoms with Crippen LogP contribution in [0, 0.1) is 0 Å². The van der Waals surface area contributed by atoms with Gasteiger partial charge in [-0.2, -0.15) is 0 Å². The molecule has 0 aromatic heterocycles. The van der Waals surface area contributed by atoms with Gasteiger partial charge < -0.3 is 25.0 Å². The number of methoxy groups -OCH3 is 1. The molecule has 2 aromatic rings. The van der Waals surface area contributed by atoms with E-state index in [2.05, 4.69) is 10.6 Å². The van der Waals surface area contributed by atoms with Crippen molar-refractivity contribution in [3.05, 3.63) is 59.7 Å². The summed E-state index contributed by atoms with van der Waals surface area (Å²) in [6.45, 7) is 1.13. The molecule has 2 rings (SSSR count). The van der Waals surface area contributed by atoms with E-state index in [1.54, 1.807) is 25.3 Å². The first-order chi connectivity index (χ1) is 13.5. The molecule has 0 saturated heterocycles. The lowest BCUT2D eigenvalue weighted by molar-refractivity contribution is -0.121. The van der Waals surface area contributed by atoms with E-state index >= 15 is 0 Å². The van der Waals surface area contributed by atoms with Crippen LogP contribution in [-0.2, 0) is 20.9 Å². The maximum atomic E-state index is 12.5. The number of hydrogen-bond donors (Lipinski definition) is 2. The van der Waals surface area contributed by atoms with Crippen molar-refractivity contribution in [1.82, 2.24) is 5.32 Å². The average molecular weight is 385 g/mol. The fourth-order valence-corrected chi connectivity index (χ4v) is 2.58. The molecule has 2 amide bonds. The van der Waals surface area contributed by atoms with Crippen LogP contribution < -0.4 is 15.5 Å². The SMILES string of the molecule is COCCNC(=O)c1cc(NC(=O)COCc2ccccc2)ccc1N(C)C. The average Bonchev–Trinajstić information content (AvgIpc) is 2.68. The van der Waals surface area contributed by atoms with Crippen molar-refractivity contribution in [2.45, 2.75) is 6.61 Å². The Labute approximate surface area is 165 Å². The molecule has 0 unspecified atom stereocenters. The highest BCUT2D eigenvalue weighted by molar-refractivity contribution is 6.02. The Morgan fingerprint density at radius 3 is 2.50 bits per heavy atom. The molecule has 0 spiro atoms. The van der Waals surface area contributed by atoms with Gasteiger partial charge in [0.25, 0.3) is 5.91 Å². The predicted octanol–water partition coefficient (Wildman–Crippen LogP) is 2.28. The first-order valence-electron chi connectivity index (χ1n) is 9.01. The number of hydrogen-bond acceptors (Lipinski definition) is 5. The molecule has 0 aliphatic carbocycles. The zero-order valence-electron chi connectivity index (χ0n) is 16.5. The van der Waals surface area contributed by atoms with Gasteiger partial charge in [0.1, 0.15) is 6.61 Å². The van der Waals surface area contributed by atoms with Crippen molar-refractivity contribution < 1.29 is 19.1 Å². The molecular weight excluding hydrogens is 358 g/mol. The second-order valence-electron chi connectivity index (χ2n) is 6.40. The third-order valence-corrected chi connectivity index (χ3v) is 3.94. The fourth-order valence-electron chi connectivity index (χ4n) is 2.58. The van der Waals surface area contributed by atoms with Crippen molar-refractivity contribution >= 4 is 23.2 Å². The third-order valence-electron chi connectivity index (χ3n) is 3.94. The van der Waals surface area contributed by atoms with Gasteiger partial charge in [-0.25, -0.2) is 0 Å². The van der Waals surface area contributed by atoms with Gasteiger partial charge in [-0.1, -0.05) is 30.3 Å². The summed E-state index contributed by atoms with van der Waals surface area (Å²) >= 11 is 0. The van der Waals surface area contributed by atoms with E-state index in [0.717, 1.165) is 11.3 Å². The molecule has 7 nitrogen and oxygen atoms in total. The molecule has 0 heterocycles. The van der Waals surface area contributed by atoms with Crippen molar-refractivity contribution in [3.8, 4) is 0 Å². The molecule has 150 valence electrons. The summed E-state index contributed by atoms with van der Waals surface area (Å²) in [6, 6.07) is 14.9. The van der Waals surface area contributed by atoms with Crippen LogP contribution in [0.4, 0.5) is 11.4 Å².